The molecule has 3 aromatic rings. The van der Waals surface area contributed by atoms with Crippen molar-refractivity contribution in [3.8, 4) is 17.4 Å². The second kappa shape index (κ2) is 7.71. The van der Waals surface area contributed by atoms with E-state index in [-0.39, 0.29) is 40.3 Å². The Labute approximate surface area is 179 Å². The quantitative estimate of drug-likeness (QED) is 0.484. The number of halogens is 4. The van der Waals surface area contributed by atoms with Crippen LogP contribution >= 0.6 is 0 Å². The van der Waals surface area contributed by atoms with Crippen molar-refractivity contribution in [1.29, 1.82) is 5.26 Å². The molecule has 7 nitrogen and oxygen atoms in total. The van der Waals surface area contributed by atoms with E-state index in [9.17, 15) is 23.2 Å². The first-order chi connectivity index (χ1) is 15.2. The molecule has 1 aliphatic carbocycles. The molecule has 0 atom stereocenters. The van der Waals surface area contributed by atoms with Crippen LogP contribution in [-0.2, 0) is 23.8 Å². The molecule has 0 amide bonds. The summed E-state index contributed by atoms with van der Waals surface area (Å²) in [4.78, 5) is 12.1. The Balaban J connectivity index is 1.85. The van der Waals surface area contributed by atoms with Crippen molar-refractivity contribution < 1.29 is 27.1 Å². The molecule has 0 aliphatic heterocycles. The van der Waals surface area contributed by atoms with Crippen molar-refractivity contribution >= 4 is 11.7 Å². The number of hydrogen-bond donors (Lipinski definition) is 1. The molecule has 4 rings (SSSR count). The van der Waals surface area contributed by atoms with Crippen LogP contribution in [0.25, 0.3) is 11.4 Å². The van der Waals surface area contributed by atoms with Gasteiger partial charge in [0.15, 0.2) is 17.2 Å². The van der Waals surface area contributed by atoms with Crippen molar-refractivity contribution in [1.82, 2.24) is 14.3 Å². The van der Waals surface area contributed by atoms with E-state index in [1.165, 1.54) is 22.9 Å². The second-order valence-corrected chi connectivity index (χ2v) is 7.30. The van der Waals surface area contributed by atoms with Gasteiger partial charge in [0.1, 0.15) is 11.8 Å². The Morgan fingerprint density at radius 3 is 2.62 bits per heavy atom. The molecule has 0 spiro atoms. The lowest BCUT2D eigenvalue weighted by atomic mass is 9.95. The second-order valence-electron chi connectivity index (χ2n) is 7.30. The lowest BCUT2D eigenvalue weighted by molar-refractivity contribution is -0.142. The summed E-state index contributed by atoms with van der Waals surface area (Å²) in [6.45, 7) is 0. The number of ether oxygens (including phenoxy) is 1. The molecule has 0 fully saturated rings. The molecule has 0 unspecified atom stereocenters. The third kappa shape index (κ3) is 3.37. The van der Waals surface area contributed by atoms with Crippen molar-refractivity contribution in [2.45, 2.75) is 31.9 Å². The first-order valence-electron chi connectivity index (χ1n) is 9.64. The highest BCUT2D eigenvalue weighted by Crippen LogP contribution is 2.37. The maximum atomic E-state index is 15.1. The van der Waals surface area contributed by atoms with E-state index in [0.717, 1.165) is 17.9 Å². The summed E-state index contributed by atoms with van der Waals surface area (Å²) < 4.78 is 62.4. The first-order valence-corrected chi connectivity index (χ1v) is 9.64. The third-order valence-corrected chi connectivity index (χ3v) is 5.43. The maximum Gasteiger partial charge on any atom is 0.435 e. The number of aromatic nitrogens is 3. The highest BCUT2D eigenvalue weighted by Gasteiger charge is 2.40. The Morgan fingerprint density at radius 1 is 1.28 bits per heavy atom. The zero-order chi connectivity index (χ0) is 23.2. The van der Waals surface area contributed by atoms with Gasteiger partial charge in [-0.3, -0.25) is 0 Å². The smallest absolute Gasteiger partial charge is 0.435 e. The van der Waals surface area contributed by atoms with Crippen molar-refractivity contribution in [3.63, 3.8) is 0 Å². The number of nitrogens with two attached hydrogens (primary N) is 1. The van der Waals surface area contributed by atoms with Gasteiger partial charge in [-0.1, -0.05) is 0 Å². The highest BCUT2D eigenvalue weighted by atomic mass is 19.4. The number of fused-ring (bicyclic) bond motifs is 1. The van der Waals surface area contributed by atoms with Crippen LogP contribution in [0.3, 0.4) is 0 Å². The molecule has 0 radical (unpaired) electrons. The van der Waals surface area contributed by atoms with E-state index in [1.807, 2.05) is 6.07 Å². The van der Waals surface area contributed by atoms with E-state index in [4.69, 9.17) is 10.5 Å². The number of anilines is 1. The lowest BCUT2D eigenvalue weighted by Crippen LogP contribution is -2.12. The molecule has 0 saturated carbocycles. The van der Waals surface area contributed by atoms with Crippen molar-refractivity contribution in [3.05, 3.63) is 58.4 Å². The predicted octanol–water partition coefficient (Wildman–Crippen LogP) is 3.94. The molecule has 1 aromatic carbocycles. The van der Waals surface area contributed by atoms with E-state index in [2.05, 4.69) is 5.10 Å². The Hall–Kier alpha value is -3.81. The summed E-state index contributed by atoms with van der Waals surface area (Å²) in [5.74, 6) is -1.68. The molecular weight excluding hydrogens is 430 g/mol. The predicted molar refractivity (Wildman–Crippen MR) is 105 cm³/mol. The number of benzene rings is 1. The summed E-state index contributed by atoms with van der Waals surface area (Å²) in [5.41, 5.74) is 4.97. The molecule has 166 valence electrons. The van der Waals surface area contributed by atoms with Crippen LogP contribution in [0.1, 0.15) is 45.8 Å². The summed E-state index contributed by atoms with van der Waals surface area (Å²) in [6, 6.07) is 5.55. The number of carbonyl (C=O) groups is 1. The van der Waals surface area contributed by atoms with Gasteiger partial charge in [0.25, 0.3) is 0 Å². The van der Waals surface area contributed by atoms with Crippen molar-refractivity contribution in [2.24, 2.45) is 0 Å². The van der Waals surface area contributed by atoms with Gasteiger partial charge < -0.3 is 15.0 Å². The topological polar surface area (TPSA) is 98.9 Å². The monoisotopic (exact) mass is 447 g/mol. The van der Waals surface area contributed by atoms with Gasteiger partial charge in [-0.05, 0) is 37.8 Å². The van der Waals surface area contributed by atoms with Gasteiger partial charge in [-0.2, -0.15) is 23.5 Å². The average Bonchev–Trinajstić information content (AvgIpc) is 3.31. The van der Waals surface area contributed by atoms with E-state index >= 15 is 4.39 Å². The fraction of sp³-hybridized carbons (Fsp3) is 0.286. The number of nitrogens with zero attached hydrogens (tertiary/aromatic N) is 4. The number of nitriles is 1. The number of methoxy groups -OCH3 is 1. The Bertz CT molecular complexity index is 1270. The molecule has 1 aliphatic rings. The highest BCUT2D eigenvalue weighted by molar-refractivity contribution is 5.95. The van der Waals surface area contributed by atoms with Crippen LogP contribution < -0.4 is 5.73 Å². The van der Waals surface area contributed by atoms with Gasteiger partial charge in [0.2, 0.25) is 0 Å². The van der Waals surface area contributed by atoms with E-state index < -0.39 is 23.7 Å². The SMILES string of the molecule is COC(=O)c1c(N)c(C#N)cn1-c1ccc(-n2nc(C(F)(F)F)c3c2CCCC3)c(F)c1. The third-order valence-electron chi connectivity index (χ3n) is 5.43. The van der Waals surface area contributed by atoms with Crippen LogP contribution in [0.2, 0.25) is 0 Å². The number of esters is 1. The normalized spacial score (nSPS) is 13.5. The minimum atomic E-state index is -4.64. The molecule has 0 bridgehead atoms. The maximum absolute atomic E-state index is 15.1. The summed E-state index contributed by atoms with van der Waals surface area (Å²) >= 11 is 0. The minimum absolute atomic E-state index is 0.00847. The molecule has 0 saturated heterocycles. The fourth-order valence-corrected chi connectivity index (χ4v) is 3.96. The van der Waals surface area contributed by atoms with Gasteiger partial charge in [0.05, 0.1) is 18.4 Å². The molecule has 2 heterocycles. The molecule has 2 aromatic heterocycles. The summed E-state index contributed by atoms with van der Waals surface area (Å²) in [5, 5.41) is 12.9. The van der Waals surface area contributed by atoms with Crippen LogP contribution in [0.4, 0.5) is 23.2 Å². The standard InChI is InChI=1S/C21H17F4N5O2/c1-32-20(31)18-17(27)11(9-26)10-29(18)12-6-7-16(14(22)8-12)30-15-5-3-2-4-13(15)19(28-30)21(23,24)25/h6-8,10H,2-5,27H2,1H3. The van der Waals surface area contributed by atoms with Crippen LogP contribution in [-0.4, -0.2) is 27.4 Å². The number of hydrogen-bond acceptors (Lipinski definition) is 5. The van der Waals surface area contributed by atoms with E-state index in [1.54, 1.807) is 0 Å². The Kier molecular flexibility index (Phi) is 5.16. The van der Waals surface area contributed by atoms with Gasteiger partial charge in [-0.15, -0.1) is 0 Å². The largest absolute Gasteiger partial charge is 0.464 e. The molecular formula is C21H17F4N5O2. The lowest BCUT2D eigenvalue weighted by Gasteiger charge is -2.15. The van der Waals surface area contributed by atoms with E-state index in [0.29, 0.717) is 25.0 Å². The van der Waals surface area contributed by atoms with Gasteiger partial charge in [-0.25, -0.2) is 13.9 Å². The minimum Gasteiger partial charge on any atom is -0.464 e. The van der Waals surface area contributed by atoms with Crippen molar-refractivity contribution in [2.75, 3.05) is 12.8 Å². The fourth-order valence-electron chi connectivity index (χ4n) is 3.96. The molecule has 2 N–H and O–H groups in total. The zero-order valence-corrected chi connectivity index (χ0v) is 16.8. The Morgan fingerprint density at radius 2 is 2.00 bits per heavy atom. The average molecular weight is 447 g/mol. The number of carbonyl (C=O) groups excluding carboxylic acids is 1. The zero-order valence-electron chi connectivity index (χ0n) is 16.8. The van der Waals surface area contributed by atoms with Crippen LogP contribution in [0, 0.1) is 17.1 Å². The summed E-state index contributed by atoms with van der Waals surface area (Å²) in [6.07, 6.45) is -1.52. The van der Waals surface area contributed by atoms with Gasteiger partial charge in [0, 0.05) is 29.2 Å². The molecule has 11 heteroatoms. The molecule has 32 heavy (non-hydrogen) atoms. The number of rotatable bonds is 3. The number of alkyl halides is 3. The first kappa shape index (κ1) is 21.4. The van der Waals surface area contributed by atoms with Gasteiger partial charge >= 0.3 is 12.1 Å². The van der Waals surface area contributed by atoms with Crippen LogP contribution in [0.5, 0.6) is 0 Å². The number of nitrogen functional groups attached to an aromatic ring is 1. The van der Waals surface area contributed by atoms with Crippen LogP contribution in [0.15, 0.2) is 24.4 Å². The summed E-state index contributed by atoms with van der Waals surface area (Å²) in [7, 11) is 1.13.